The minimum atomic E-state index is -0.686. The fraction of sp³-hybridized carbons (Fsp3) is 0.364. The van der Waals surface area contributed by atoms with E-state index in [0.29, 0.717) is 12.1 Å². The Balaban J connectivity index is 2.21. The zero-order chi connectivity index (χ0) is 19.8. The fourth-order valence-corrected chi connectivity index (χ4v) is 2.77. The van der Waals surface area contributed by atoms with Crippen LogP contribution in [0, 0.1) is 12.7 Å². The van der Waals surface area contributed by atoms with Crippen LogP contribution in [-0.4, -0.2) is 29.3 Å². The fourth-order valence-electron chi connectivity index (χ4n) is 2.77. The summed E-state index contributed by atoms with van der Waals surface area (Å²) < 4.78 is 14.1. The van der Waals surface area contributed by atoms with Crippen molar-refractivity contribution in [2.24, 2.45) is 0 Å². The molecular formula is C22H27FN2O2. The Hall–Kier alpha value is -2.69. The lowest BCUT2D eigenvalue weighted by Gasteiger charge is -2.29. The highest BCUT2D eigenvalue weighted by atomic mass is 19.1. The van der Waals surface area contributed by atoms with Crippen molar-refractivity contribution < 1.29 is 14.0 Å². The molecule has 0 aliphatic heterocycles. The van der Waals surface area contributed by atoms with Gasteiger partial charge in [-0.2, -0.15) is 0 Å². The van der Waals surface area contributed by atoms with Crippen LogP contribution in [-0.2, 0) is 22.6 Å². The van der Waals surface area contributed by atoms with Crippen LogP contribution in [0.1, 0.15) is 37.0 Å². The number of nitrogens with one attached hydrogen (secondary N) is 1. The lowest BCUT2D eigenvalue weighted by Crippen LogP contribution is -2.48. The van der Waals surface area contributed by atoms with Crippen LogP contribution in [0.15, 0.2) is 48.5 Å². The van der Waals surface area contributed by atoms with E-state index in [4.69, 9.17) is 0 Å². The van der Waals surface area contributed by atoms with Gasteiger partial charge >= 0.3 is 0 Å². The monoisotopic (exact) mass is 370 g/mol. The predicted octanol–water partition coefficient (Wildman–Crippen LogP) is 3.62. The van der Waals surface area contributed by atoms with E-state index in [9.17, 15) is 14.0 Å². The normalized spacial score (nSPS) is 11.7. The Labute approximate surface area is 160 Å². The maximum atomic E-state index is 14.1. The number of benzene rings is 2. The number of nitrogens with zero attached hydrogens (tertiary/aromatic N) is 1. The molecule has 0 aromatic heterocycles. The average Bonchev–Trinajstić information content (AvgIpc) is 2.66. The molecule has 1 atom stereocenters. The van der Waals surface area contributed by atoms with Gasteiger partial charge in [0.15, 0.2) is 0 Å². The molecule has 0 saturated heterocycles. The summed E-state index contributed by atoms with van der Waals surface area (Å²) in [7, 11) is 0. The van der Waals surface area contributed by atoms with Crippen molar-refractivity contribution in [2.45, 2.75) is 46.2 Å². The maximum absolute atomic E-state index is 14.1. The summed E-state index contributed by atoms with van der Waals surface area (Å²) >= 11 is 0. The van der Waals surface area contributed by atoms with Crippen molar-refractivity contribution in [2.75, 3.05) is 6.54 Å². The first-order valence-corrected chi connectivity index (χ1v) is 9.28. The minimum absolute atomic E-state index is 0.0537. The van der Waals surface area contributed by atoms with Crippen LogP contribution in [0.3, 0.4) is 0 Å². The Morgan fingerprint density at radius 3 is 2.41 bits per heavy atom. The molecule has 0 heterocycles. The number of aryl methyl sites for hydroxylation is 1. The largest absolute Gasteiger partial charge is 0.354 e. The Kier molecular flexibility index (Phi) is 7.53. The molecule has 2 aromatic rings. The summed E-state index contributed by atoms with van der Waals surface area (Å²) in [5.74, 6) is -0.821. The van der Waals surface area contributed by atoms with E-state index in [1.54, 1.807) is 25.1 Å². The zero-order valence-corrected chi connectivity index (χ0v) is 16.2. The molecule has 5 heteroatoms. The maximum Gasteiger partial charge on any atom is 0.242 e. The zero-order valence-electron chi connectivity index (χ0n) is 16.2. The SMILES string of the molecule is CCCNC(=O)[C@@H](C)N(Cc1ccccc1F)C(=O)Cc1ccc(C)cc1. The number of amides is 2. The first-order chi connectivity index (χ1) is 12.9. The van der Waals surface area contributed by atoms with Gasteiger partial charge in [-0.05, 0) is 31.9 Å². The van der Waals surface area contributed by atoms with Crippen molar-refractivity contribution in [1.82, 2.24) is 10.2 Å². The van der Waals surface area contributed by atoms with Crippen LogP contribution in [0.25, 0.3) is 0 Å². The summed E-state index contributed by atoms with van der Waals surface area (Å²) in [5.41, 5.74) is 2.37. The number of halogens is 1. The van der Waals surface area contributed by atoms with Gasteiger partial charge in [0.25, 0.3) is 0 Å². The minimum Gasteiger partial charge on any atom is -0.354 e. The third kappa shape index (κ3) is 5.91. The molecular weight excluding hydrogens is 343 g/mol. The molecule has 0 radical (unpaired) electrons. The molecule has 0 fully saturated rings. The van der Waals surface area contributed by atoms with Gasteiger partial charge in [-0.3, -0.25) is 9.59 Å². The van der Waals surface area contributed by atoms with Crippen molar-refractivity contribution >= 4 is 11.8 Å². The van der Waals surface area contributed by atoms with Crippen LogP contribution in [0.4, 0.5) is 4.39 Å². The van der Waals surface area contributed by atoms with Crippen molar-refractivity contribution in [1.29, 1.82) is 0 Å². The van der Waals surface area contributed by atoms with Crippen LogP contribution in [0.2, 0.25) is 0 Å². The van der Waals surface area contributed by atoms with E-state index in [2.05, 4.69) is 5.32 Å². The third-order valence-electron chi connectivity index (χ3n) is 4.49. The molecule has 27 heavy (non-hydrogen) atoms. The van der Waals surface area contributed by atoms with Crippen molar-refractivity contribution in [3.05, 3.63) is 71.0 Å². The highest BCUT2D eigenvalue weighted by molar-refractivity contribution is 5.88. The van der Waals surface area contributed by atoms with Gasteiger partial charge in [0, 0.05) is 18.7 Å². The Morgan fingerprint density at radius 2 is 1.78 bits per heavy atom. The summed E-state index contributed by atoms with van der Waals surface area (Å²) in [4.78, 5) is 26.8. The van der Waals surface area contributed by atoms with Crippen LogP contribution >= 0.6 is 0 Å². The standard InChI is InChI=1S/C22H27FN2O2/c1-4-13-24-22(27)17(3)25(15-19-7-5-6-8-20(19)23)21(26)14-18-11-9-16(2)10-12-18/h5-12,17H,4,13-15H2,1-3H3,(H,24,27)/t17-/m1/s1. The second kappa shape index (κ2) is 9.86. The molecule has 144 valence electrons. The number of carbonyl (C=O) groups is 2. The van der Waals surface area contributed by atoms with Gasteiger partial charge in [-0.25, -0.2) is 4.39 Å². The highest BCUT2D eigenvalue weighted by Crippen LogP contribution is 2.15. The highest BCUT2D eigenvalue weighted by Gasteiger charge is 2.26. The molecule has 0 saturated carbocycles. The summed E-state index contributed by atoms with van der Waals surface area (Å²) in [6.45, 7) is 6.22. The Morgan fingerprint density at radius 1 is 1.11 bits per heavy atom. The molecule has 2 amide bonds. The number of rotatable bonds is 8. The quantitative estimate of drug-likeness (QED) is 0.772. The molecule has 2 rings (SSSR count). The number of carbonyl (C=O) groups excluding carboxylic acids is 2. The molecule has 0 bridgehead atoms. The molecule has 0 aliphatic rings. The van der Waals surface area contributed by atoms with E-state index in [1.807, 2.05) is 38.1 Å². The molecule has 4 nitrogen and oxygen atoms in total. The molecule has 0 spiro atoms. The van der Waals surface area contributed by atoms with E-state index >= 15 is 0 Å². The van der Waals surface area contributed by atoms with Gasteiger partial charge in [0.1, 0.15) is 11.9 Å². The summed E-state index contributed by atoms with van der Waals surface area (Å²) in [6.07, 6.45) is 0.975. The van der Waals surface area contributed by atoms with Crippen LogP contribution in [0.5, 0.6) is 0 Å². The third-order valence-corrected chi connectivity index (χ3v) is 4.49. The van der Waals surface area contributed by atoms with Gasteiger partial charge in [-0.1, -0.05) is 55.0 Å². The summed E-state index contributed by atoms with van der Waals surface area (Å²) in [5, 5.41) is 2.81. The first-order valence-electron chi connectivity index (χ1n) is 9.28. The molecule has 1 N–H and O–H groups in total. The van der Waals surface area contributed by atoms with Crippen LogP contribution < -0.4 is 5.32 Å². The van der Waals surface area contributed by atoms with Gasteiger partial charge in [0.05, 0.1) is 6.42 Å². The summed E-state index contributed by atoms with van der Waals surface area (Å²) in [6, 6.07) is 13.3. The molecule has 0 aliphatic carbocycles. The molecule has 0 unspecified atom stereocenters. The van der Waals surface area contributed by atoms with Crippen molar-refractivity contribution in [3.63, 3.8) is 0 Å². The smallest absolute Gasteiger partial charge is 0.242 e. The lowest BCUT2D eigenvalue weighted by molar-refractivity contribution is -0.140. The topological polar surface area (TPSA) is 49.4 Å². The van der Waals surface area contributed by atoms with Gasteiger partial charge in [-0.15, -0.1) is 0 Å². The number of hydrogen-bond donors (Lipinski definition) is 1. The van der Waals surface area contributed by atoms with Gasteiger partial charge < -0.3 is 10.2 Å². The Bertz CT molecular complexity index is 774. The van der Waals surface area contributed by atoms with E-state index in [1.165, 1.54) is 11.0 Å². The predicted molar refractivity (Wildman–Crippen MR) is 105 cm³/mol. The van der Waals surface area contributed by atoms with E-state index < -0.39 is 6.04 Å². The second-order valence-electron chi connectivity index (χ2n) is 6.74. The average molecular weight is 370 g/mol. The first kappa shape index (κ1) is 20.6. The molecule has 2 aromatic carbocycles. The van der Waals surface area contributed by atoms with Crippen molar-refractivity contribution in [3.8, 4) is 0 Å². The van der Waals surface area contributed by atoms with E-state index in [0.717, 1.165) is 17.5 Å². The van der Waals surface area contributed by atoms with E-state index in [-0.39, 0.29) is 30.6 Å². The van der Waals surface area contributed by atoms with Gasteiger partial charge in [0.2, 0.25) is 11.8 Å². The second-order valence-corrected chi connectivity index (χ2v) is 6.74. The number of hydrogen-bond acceptors (Lipinski definition) is 2. The lowest BCUT2D eigenvalue weighted by atomic mass is 10.1.